The number of likely N-dealkylation sites (tertiary alicyclic amines) is 1. The summed E-state index contributed by atoms with van der Waals surface area (Å²) in [6.45, 7) is 3.86. The van der Waals surface area contributed by atoms with Gasteiger partial charge in [0.1, 0.15) is 17.1 Å². The molecule has 0 aliphatic carbocycles. The third kappa shape index (κ3) is 5.13. The predicted octanol–water partition coefficient (Wildman–Crippen LogP) is 5.11. The van der Waals surface area contributed by atoms with Gasteiger partial charge in [0.05, 0.1) is 18.2 Å². The minimum Gasteiger partial charge on any atom is -0.508 e. The maximum absolute atomic E-state index is 16.7. The van der Waals surface area contributed by atoms with Gasteiger partial charge in [-0.15, -0.1) is 0 Å². The van der Waals surface area contributed by atoms with Gasteiger partial charge < -0.3 is 25.2 Å². The van der Waals surface area contributed by atoms with E-state index in [9.17, 15) is 10.2 Å². The molecule has 3 aliphatic heterocycles. The molecule has 2 bridgehead atoms. The summed E-state index contributed by atoms with van der Waals surface area (Å²) in [5.74, 6) is 0.0912. The minimum atomic E-state index is -0.567. The van der Waals surface area contributed by atoms with Crippen LogP contribution in [0.1, 0.15) is 32.1 Å². The number of piperazine rings is 1. The van der Waals surface area contributed by atoms with Crippen molar-refractivity contribution in [1.82, 2.24) is 20.2 Å². The van der Waals surface area contributed by atoms with Crippen LogP contribution in [-0.4, -0.2) is 82.6 Å². The fraction of sp³-hybridized carbons (Fsp3) is 0.438. The van der Waals surface area contributed by atoms with Crippen LogP contribution in [0.2, 0.25) is 5.02 Å². The smallest absolute Gasteiger partial charge is 0.319 e. The molecule has 3 fully saturated rings. The number of fused-ring (bicyclic) bond motifs is 4. The van der Waals surface area contributed by atoms with Crippen molar-refractivity contribution < 1.29 is 19.3 Å². The number of rotatable bonds is 8. The van der Waals surface area contributed by atoms with Crippen molar-refractivity contribution in [2.24, 2.45) is 0 Å². The lowest BCUT2D eigenvalue weighted by Crippen LogP contribution is -2.51. The van der Waals surface area contributed by atoms with Crippen molar-refractivity contribution in [2.75, 3.05) is 44.3 Å². The number of aromatic hydroxyl groups is 1. The lowest BCUT2D eigenvalue weighted by molar-refractivity contribution is 0.149. The van der Waals surface area contributed by atoms with E-state index in [0.717, 1.165) is 69.1 Å². The summed E-state index contributed by atoms with van der Waals surface area (Å²) in [5, 5.41) is 26.1. The van der Waals surface area contributed by atoms with Crippen molar-refractivity contribution >= 4 is 39.1 Å². The summed E-state index contributed by atoms with van der Waals surface area (Å²) < 4.78 is 22.7. The molecule has 3 atom stereocenters. The van der Waals surface area contributed by atoms with Crippen LogP contribution in [0.4, 0.5) is 10.2 Å². The quantitative estimate of drug-likeness (QED) is 0.243. The van der Waals surface area contributed by atoms with Gasteiger partial charge in [0, 0.05) is 48.7 Å². The number of phenols is 1. The molecule has 0 radical (unpaired) electrons. The van der Waals surface area contributed by atoms with Crippen LogP contribution in [0.3, 0.4) is 0 Å². The molecule has 2 unspecified atom stereocenters. The SMILES string of the molecule is OC[C@@H]1CCCN1CCCOc1nc(N2CC3CCC(C2)N3)c2cc(Cl)c(-c3cc(O)cc4ccccc34)c(F)c2n1. The fourth-order valence-electron chi connectivity index (χ4n) is 7.01. The highest BCUT2D eigenvalue weighted by Gasteiger charge is 2.34. The summed E-state index contributed by atoms with van der Waals surface area (Å²) >= 11 is 6.84. The van der Waals surface area contributed by atoms with Gasteiger partial charge in [0.2, 0.25) is 0 Å². The van der Waals surface area contributed by atoms with E-state index in [-0.39, 0.29) is 40.5 Å². The number of anilines is 1. The van der Waals surface area contributed by atoms with E-state index in [1.54, 1.807) is 18.2 Å². The second kappa shape index (κ2) is 11.4. The Kier molecular flexibility index (Phi) is 7.52. The zero-order valence-electron chi connectivity index (χ0n) is 23.4. The molecule has 4 heterocycles. The zero-order valence-corrected chi connectivity index (χ0v) is 24.2. The van der Waals surface area contributed by atoms with Gasteiger partial charge in [-0.25, -0.2) is 4.39 Å². The lowest BCUT2D eigenvalue weighted by Gasteiger charge is -2.34. The van der Waals surface area contributed by atoms with E-state index in [4.69, 9.17) is 21.3 Å². The first-order chi connectivity index (χ1) is 20.5. The molecular formula is C32H35ClFN5O3. The van der Waals surface area contributed by atoms with Gasteiger partial charge in [-0.3, -0.25) is 4.90 Å². The predicted molar refractivity (Wildman–Crippen MR) is 163 cm³/mol. The zero-order chi connectivity index (χ0) is 28.8. The van der Waals surface area contributed by atoms with Gasteiger partial charge in [0.15, 0.2) is 5.82 Å². The molecule has 3 aromatic carbocycles. The molecule has 0 amide bonds. The topological polar surface area (TPSA) is 94.0 Å². The number of aromatic nitrogens is 2. The molecular weight excluding hydrogens is 557 g/mol. The van der Waals surface area contributed by atoms with E-state index in [1.165, 1.54) is 0 Å². The van der Waals surface area contributed by atoms with Crippen LogP contribution >= 0.6 is 11.6 Å². The second-order valence-corrected chi connectivity index (χ2v) is 12.2. The summed E-state index contributed by atoms with van der Waals surface area (Å²) in [5.41, 5.74) is 0.839. The number of ether oxygens (including phenoxy) is 1. The number of aliphatic hydroxyl groups is 1. The van der Waals surface area contributed by atoms with Crippen LogP contribution < -0.4 is 15.0 Å². The Morgan fingerprint density at radius 2 is 1.86 bits per heavy atom. The monoisotopic (exact) mass is 591 g/mol. The molecule has 3 aliphatic rings. The number of hydrogen-bond donors (Lipinski definition) is 3. The Bertz CT molecular complexity index is 1630. The van der Waals surface area contributed by atoms with Gasteiger partial charge in [-0.05, 0) is 73.2 Å². The Labute approximate surface area is 249 Å². The van der Waals surface area contributed by atoms with E-state index >= 15 is 4.39 Å². The average Bonchev–Trinajstić information content (AvgIpc) is 3.59. The average molecular weight is 592 g/mol. The molecule has 220 valence electrons. The third-order valence-electron chi connectivity index (χ3n) is 9.00. The van der Waals surface area contributed by atoms with Gasteiger partial charge in [-0.2, -0.15) is 9.97 Å². The largest absolute Gasteiger partial charge is 0.508 e. The summed E-state index contributed by atoms with van der Waals surface area (Å²) in [7, 11) is 0. The van der Waals surface area contributed by atoms with E-state index in [0.29, 0.717) is 35.5 Å². The van der Waals surface area contributed by atoms with Crippen LogP contribution in [0.25, 0.3) is 32.8 Å². The van der Waals surface area contributed by atoms with Crippen molar-refractivity contribution in [3.63, 3.8) is 0 Å². The standard InChI is InChI=1S/C32H35ClFN5O3/c33-27-15-26-30(29(34)28(27)25-14-23(41)13-19-5-1-2-7-24(19)25)36-32(42-12-4-11-38-10-3-6-22(38)18-40)37-31(26)39-16-20-8-9-21(17-39)35-20/h1-2,5,7,13-15,20-22,35,40-41H,3-4,6,8-12,16-18H2/t20?,21?,22-/m0/s1. The van der Waals surface area contributed by atoms with E-state index < -0.39 is 5.82 Å². The molecule has 3 N–H and O–H groups in total. The first kappa shape index (κ1) is 27.6. The Morgan fingerprint density at radius 3 is 2.67 bits per heavy atom. The molecule has 4 aromatic rings. The molecule has 0 saturated carbocycles. The first-order valence-corrected chi connectivity index (χ1v) is 15.3. The van der Waals surface area contributed by atoms with Gasteiger partial charge in [-0.1, -0.05) is 35.9 Å². The third-order valence-corrected chi connectivity index (χ3v) is 9.30. The number of nitrogens with one attached hydrogen (secondary N) is 1. The second-order valence-electron chi connectivity index (χ2n) is 11.7. The summed E-state index contributed by atoms with van der Waals surface area (Å²) in [6, 6.07) is 13.5. The van der Waals surface area contributed by atoms with Crippen molar-refractivity contribution in [1.29, 1.82) is 0 Å². The molecule has 1 aromatic heterocycles. The Hall–Kier alpha value is -3.24. The molecule has 42 heavy (non-hydrogen) atoms. The van der Waals surface area contributed by atoms with E-state index in [2.05, 4.69) is 20.1 Å². The maximum atomic E-state index is 16.7. The normalized spacial score (nSPS) is 22.5. The van der Waals surface area contributed by atoms with Gasteiger partial charge >= 0.3 is 6.01 Å². The highest BCUT2D eigenvalue weighted by atomic mass is 35.5. The number of hydrogen-bond acceptors (Lipinski definition) is 8. The van der Waals surface area contributed by atoms with Crippen molar-refractivity contribution in [2.45, 2.75) is 50.2 Å². The summed E-state index contributed by atoms with van der Waals surface area (Å²) in [4.78, 5) is 13.9. The van der Waals surface area contributed by atoms with Crippen LogP contribution in [0, 0.1) is 5.82 Å². The fourth-order valence-corrected chi connectivity index (χ4v) is 7.31. The van der Waals surface area contributed by atoms with Crippen molar-refractivity contribution in [3.8, 4) is 22.9 Å². The maximum Gasteiger partial charge on any atom is 0.319 e. The highest BCUT2D eigenvalue weighted by Crippen LogP contribution is 2.42. The number of phenolic OH excluding ortho intramolecular Hbond substituents is 1. The molecule has 10 heteroatoms. The Balaban J connectivity index is 1.28. The van der Waals surface area contributed by atoms with Crippen molar-refractivity contribution in [3.05, 3.63) is 53.3 Å². The van der Waals surface area contributed by atoms with Crippen LogP contribution in [0.15, 0.2) is 42.5 Å². The van der Waals surface area contributed by atoms with Crippen LogP contribution in [-0.2, 0) is 0 Å². The molecule has 3 saturated heterocycles. The first-order valence-electron chi connectivity index (χ1n) is 14.9. The number of halogens is 2. The highest BCUT2D eigenvalue weighted by molar-refractivity contribution is 6.35. The molecule has 0 spiro atoms. The van der Waals surface area contributed by atoms with Crippen LogP contribution in [0.5, 0.6) is 11.8 Å². The lowest BCUT2D eigenvalue weighted by atomic mass is 9.96. The summed E-state index contributed by atoms with van der Waals surface area (Å²) in [6.07, 6.45) is 5.05. The molecule has 8 nitrogen and oxygen atoms in total. The number of nitrogens with zero attached hydrogens (tertiary/aromatic N) is 4. The minimum absolute atomic E-state index is 0.0318. The molecule has 7 rings (SSSR count). The number of benzene rings is 3. The number of aliphatic hydroxyl groups excluding tert-OH is 1. The van der Waals surface area contributed by atoms with Gasteiger partial charge in [0.25, 0.3) is 0 Å². The van der Waals surface area contributed by atoms with E-state index in [1.807, 2.05) is 24.3 Å². The Morgan fingerprint density at radius 1 is 1.05 bits per heavy atom.